The molecule has 6 nitrogen and oxygen atoms in total. The Morgan fingerprint density at radius 3 is 2.30 bits per heavy atom. The van der Waals surface area contributed by atoms with E-state index < -0.39 is 11.7 Å². The third-order valence-corrected chi connectivity index (χ3v) is 4.37. The number of hydrogen-bond acceptors (Lipinski definition) is 5. The second-order valence-corrected chi connectivity index (χ2v) is 8.72. The molecule has 0 aliphatic carbocycles. The summed E-state index contributed by atoms with van der Waals surface area (Å²) in [6.07, 6.45) is 1.22. The monoisotopic (exact) mass is 458 g/mol. The molecule has 0 fully saturated rings. The van der Waals surface area contributed by atoms with Crippen LogP contribution in [0.2, 0.25) is 0 Å². The lowest BCUT2D eigenvalue weighted by molar-refractivity contribution is 0.0537. The molecule has 0 saturated carbocycles. The van der Waals surface area contributed by atoms with Crippen molar-refractivity contribution >= 4 is 11.6 Å². The summed E-state index contributed by atoms with van der Waals surface area (Å²) in [5.74, 6) is -0.977. The van der Waals surface area contributed by atoms with Crippen molar-refractivity contribution in [1.29, 1.82) is 5.26 Å². The minimum absolute atomic E-state index is 0.0222. The number of nitrogens with one attached hydrogen (secondary N) is 3. The number of hydrogen-bond donors (Lipinski definition) is 3. The molecule has 3 N–H and O–H groups in total. The van der Waals surface area contributed by atoms with Gasteiger partial charge in [-0.1, -0.05) is 40.7 Å². The van der Waals surface area contributed by atoms with Crippen molar-refractivity contribution in [1.82, 2.24) is 10.8 Å². The van der Waals surface area contributed by atoms with Gasteiger partial charge in [0.2, 0.25) is 0 Å². The molecule has 182 valence electrons. The number of allylic oxidation sites excluding steroid dienone is 5. The maximum Gasteiger partial charge on any atom is 0.274 e. The second-order valence-electron chi connectivity index (χ2n) is 8.72. The first-order valence-electron chi connectivity index (χ1n) is 11.0. The zero-order chi connectivity index (χ0) is 25.8. The third-order valence-electron chi connectivity index (χ3n) is 4.37. The Labute approximate surface area is 198 Å². The van der Waals surface area contributed by atoms with Gasteiger partial charge in [0, 0.05) is 23.5 Å². The van der Waals surface area contributed by atoms with Crippen LogP contribution in [0.15, 0.2) is 52.6 Å². The van der Waals surface area contributed by atoms with Crippen LogP contribution >= 0.6 is 0 Å². The van der Waals surface area contributed by atoms with E-state index >= 15 is 4.39 Å². The summed E-state index contributed by atoms with van der Waals surface area (Å²) in [6.45, 7) is 18.0. The molecule has 1 aromatic carbocycles. The molecule has 0 heterocycles. The van der Waals surface area contributed by atoms with Crippen molar-refractivity contribution < 1.29 is 14.0 Å². The van der Waals surface area contributed by atoms with Crippen molar-refractivity contribution in [2.45, 2.75) is 62.3 Å². The Kier molecular flexibility index (Phi) is 12.8. The van der Waals surface area contributed by atoms with Crippen LogP contribution in [0.5, 0.6) is 0 Å². The fourth-order valence-electron chi connectivity index (χ4n) is 2.52. The fourth-order valence-corrected chi connectivity index (χ4v) is 2.52. The van der Waals surface area contributed by atoms with Crippen molar-refractivity contribution in [3.05, 3.63) is 63.8 Å². The quantitative estimate of drug-likeness (QED) is 0.242. The minimum Gasteiger partial charge on any atom is -0.387 e. The van der Waals surface area contributed by atoms with Crippen LogP contribution in [0.1, 0.15) is 71.3 Å². The number of halogens is 1. The van der Waals surface area contributed by atoms with Crippen LogP contribution in [-0.4, -0.2) is 19.6 Å². The highest BCUT2D eigenvalue weighted by atomic mass is 19.1. The first-order chi connectivity index (χ1) is 15.4. The van der Waals surface area contributed by atoms with Gasteiger partial charge in [0.25, 0.3) is 5.91 Å². The summed E-state index contributed by atoms with van der Waals surface area (Å²) >= 11 is 0. The smallest absolute Gasteiger partial charge is 0.274 e. The highest BCUT2D eigenvalue weighted by Gasteiger charge is 2.14. The summed E-state index contributed by atoms with van der Waals surface area (Å²) in [4.78, 5) is 16.7. The van der Waals surface area contributed by atoms with Gasteiger partial charge in [-0.2, -0.15) is 5.26 Å². The van der Waals surface area contributed by atoms with Crippen molar-refractivity contribution in [3.63, 3.8) is 0 Å². The zero-order valence-corrected chi connectivity index (χ0v) is 21.7. The number of nitrogens with zero attached hydrogens (tertiary/aromatic N) is 1. The van der Waals surface area contributed by atoms with Crippen LogP contribution in [0, 0.1) is 23.7 Å². The number of nitriles is 1. The van der Waals surface area contributed by atoms with E-state index in [9.17, 15) is 10.1 Å². The van der Waals surface area contributed by atoms with E-state index in [1.54, 1.807) is 39.0 Å². The summed E-state index contributed by atoms with van der Waals surface area (Å²) < 4.78 is 15.2. The van der Waals surface area contributed by atoms with Crippen molar-refractivity contribution in [3.8, 4) is 6.07 Å². The lowest BCUT2D eigenvalue weighted by atomic mass is 9.97. The number of hydroxylamine groups is 1. The van der Waals surface area contributed by atoms with Gasteiger partial charge in [0.15, 0.2) is 0 Å². The lowest BCUT2D eigenvalue weighted by Crippen LogP contribution is -2.26. The molecule has 0 saturated heterocycles. The topological polar surface area (TPSA) is 86.2 Å². The van der Waals surface area contributed by atoms with Gasteiger partial charge in [-0.3, -0.25) is 9.63 Å². The van der Waals surface area contributed by atoms with Crippen LogP contribution in [0.25, 0.3) is 0 Å². The van der Waals surface area contributed by atoms with Gasteiger partial charge < -0.3 is 10.6 Å². The number of benzene rings is 1. The lowest BCUT2D eigenvalue weighted by Gasteiger charge is -2.20. The molecule has 0 atom stereocenters. The highest BCUT2D eigenvalue weighted by molar-refractivity contribution is 5.94. The second kappa shape index (κ2) is 14.1. The van der Waals surface area contributed by atoms with Gasteiger partial charge in [0.1, 0.15) is 11.9 Å². The Balaban J connectivity index is 0.00000497. The number of rotatable bonds is 8. The maximum atomic E-state index is 15.2. The van der Waals surface area contributed by atoms with Crippen molar-refractivity contribution in [2.75, 3.05) is 19.0 Å². The summed E-state index contributed by atoms with van der Waals surface area (Å²) in [7, 11) is 1.35. The van der Waals surface area contributed by atoms with Crippen molar-refractivity contribution in [2.24, 2.45) is 5.41 Å². The Morgan fingerprint density at radius 2 is 1.82 bits per heavy atom. The Bertz CT molecular complexity index is 944. The standard InChI is InChI=1S/C24H33FN4O2.C2H6/c1-15(2)22(20(25)11-19(13-26)17(4)27-14-24(5,6)7)28-21-12-18(10-9-16(21)3)23(30)29-31-8;1-2/h9-12,27-28H,14H2,1-8H3,(H,29,30);1-2H3/b19-17-,20-11+;. The molecule has 0 aromatic heterocycles. The van der Waals surface area contributed by atoms with E-state index in [1.807, 2.05) is 20.8 Å². The van der Waals surface area contributed by atoms with E-state index in [0.717, 1.165) is 5.56 Å². The van der Waals surface area contributed by atoms with Crippen LogP contribution in [-0.2, 0) is 4.84 Å². The average Bonchev–Trinajstić information content (AvgIpc) is 2.75. The fraction of sp³-hybridized carbons (Fsp3) is 0.462. The molecular weight excluding hydrogens is 419 g/mol. The predicted octanol–water partition coefficient (Wildman–Crippen LogP) is 6.30. The zero-order valence-electron chi connectivity index (χ0n) is 21.7. The summed E-state index contributed by atoms with van der Waals surface area (Å²) in [6, 6.07) is 7.10. The molecule has 0 bridgehead atoms. The normalized spacial score (nSPS) is 11.9. The molecule has 1 aromatic rings. The van der Waals surface area contributed by atoms with Gasteiger partial charge in [-0.25, -0.2) is 9.87 Å². The van der Waals surface area contributed by atoms with Crippen LogP contribution < -0.4 is 16.1 Å². The molecule has 0 aliphatic heterocycles. The molecule has 0 spiro atoms. The molecule has 7 heteroatoms. The molecule has 1 rings (SSSR count). The Hall–Kier alpha value is -3.11. The number of amides is 1. The van der Waals surface area contributed by atoms with E-state index in [1.165, 1.54) is 13.2 Å². The molecule has 0 unspecified atom stereocenters. The predicted molar refractivity (Wildman–Crippen MR) is 134 cm³/mol. The largest absolute Gasteiger partial charge is 0.387 e. The first kappa shape index (κ1) is 29.9. The number of aryl methyl sites for hydroxylation is 1. The van der Waals surface area contributed by atoms with E-state index in [4.69, 9.17) is 0 Å². The first-order valence-corrected chi connectivity index (χ1v) is 11.0. The third kappa shape index (κ3) is 10.4. The molecule has 1 amide bonds. The number of carbonyl (C=O) groups is 1. The summed E-state index contributed by atoms with van der Waals surface area (Å²) in [5, 5.41) is 15.8. The van der Waals surface area contributed by atoms with Crippen LogP contribution in [0.3, 0.4) is 0 Å². The highest BCUT2D eigenvalue weighted by Crippen LogP contribution is 2.25. The molecule has 33 heavy (non-hydrogen) atoms. The summed E-state index contributed by atoms with van der Waals surface area (Å²) in [5.41, 5.74) is 5.82. The van der Waals surface area contributed by atoms with Gasteiger partial charge in [0.05, 0.1) is 18.4 Å². The van der Waals surface area contributed by atoms with E-state index in [-0.39, 0.29) is 16.7 Å². The van der Waals surface area contributed by atoms with Gasteiger partial charge in [-0.05, 0) is 62.5 Å². The molecule has 0 radical (unpaired) electrons. The van der Waals surface area contributed by atoms with Crippen LogP contribution in [0.4, 0.5) is 10.1 Å². The van der Waals surface area contributed by atoms with E-state index in [2.05, 4.69) is 47.8 Å². The average molecular weight is 459 g/mol. The maximum absolute atomic E-state index is 15.2. The van der Waals surface area contributed by atoms with Gasteiger partial charge in [-0.15, -0.1) is 0 Å². The minimum atomic E-state index is -0.570. The number of carbonyl (C=O) groups excluding carboxylic acids is 1. The molecule has 0 aliphatic rings. The molecular formula is C26H39FN4O2. The van der Waals surface area contributed by atoms with Gasteiger partial charge >= 0.3 is 0 Å². The Morgan fingerprint density at radius 1 is 1.21 bits per heavy atom. The number of anilines is 1. The SMILES string of the molecule is CC.CONC(=O)c1ccc(C)c(NC(=C(C)C)/C(F)=C\C(C#N)=C(/C)NCC(C)(C)C)c1. The van der Waals surface area contributed by atoms with E-state index in [0.29, 0.717) is 29.1 Å².